The predicted octanol–water partition coefficient (Wildman–Crippen LogP) is 2.49. The minimum Gasteiger partial charge on any atom is -0.342 e. The Kier molecular flexibility index (Phi) is 6.16. The van der Waals surface area contributed by atoms with Crippen LogP contribution < -0.4 is 0 Å². The van der Waals surface area contributed by atoms with Gasteiger partial charge in [0.25, 0.3) is 11.8 Å². The summed E-state index contributed by atoms with van der Waals surface area (Å²) in [7, 11) is 0. The van der Waals surface area contributed by atoms with Gasteiger partial charge in [-0.1, -0.05) is 43.2 Å². The molecular formula is C23H28N2O5. The number of carbonyl (C=O) groups excluding carboxylic acids is 4. The third kappa shape index (κ3) is 4.55. The van der Waals surface area contributed by atoms with Crippen molar-refractivity contribution in [2.75, 3.05) is 13.1 Å². The largest absolute Gasteiger partial charge is 0.342 e. The van der Waals surface area contributed by atoms with Crippen LogP contribution in [-0.4, -0.2) is 46.7 Å². The van der Waals surface area contributed by atoms with Crippen molar-refractivity contribution in [3.05, 3.63) is 35.9 Å². The molecule has 160 valence electrons. The number of amides is 3. The second-order valence-electron chi connectivity index (χ2n) is 8.69. The quantitative estimate of drug-likeness (QED) is 0.671. The fraction of sp³-hybridized carbons (Fsp3) is 0.565. The van der Waals surface area contributed by atoms with Crippen LogP contribution in [0.4, 0.5) is 0 Å². The van der Waals surface area contributed by atoms with Gasteiger partial charge in [-0.15, -0.1) is 5.06 Å². The van der Waals surface area contributed by atoms with Crippen molar-refractivity contribution >= 4 is 23.7 Å². The highest BCUT2D eigenvalue weighted by Crippen LogP contribution is 2.36. The fourth-order valence-electron chi connectivity index (χ4n) is 4.91. The molecule has 2 aliphatic heterocycles. The lowest BCUT2D eigenvalue weighted by molar-refractivity contribution is -0.200. The van der Waals surface area contributed by atoms with Crippen LogP contribution in [0.25, 0.3) is 0 Å². The summed E-state index contributed by atoms with van der Waals surface area (Å²) in [5, 5.41) is 0.565. The summed E-state index contributed by atoms with van der Waals surface area (Å²) in [6.45, 7) is 1.53. The highest BCUT2D eigenvalue weighted by Gasteiger charge is 2.39. The fourth-order valence-corrected chi connectivity index (χ4v) is 4.91. The van der Waals surface area contributed by atoms with E-state index in [4.69, 9.17) is 4.84 Å². The van der Waals surface area contributed by atoms with E-state index >= 15 is 0 Å². The van der Waals surface area contributed by atoms with E-state index in [0.29, 0.717) is 23.3 Å². The summed E-state index contributed by atoms with van der Waals surface area (Å²) >= 11 is 0. The van der Waals surface area contributed by atoms with Crippen molar-refractivity contribution in [3.63, 3.8) is 0 Å². The molecule has 30 heavy (non-hydrogen) atoms. The number of carbonyl (C=O) groups is 4. The molecule has 0 radical (unpaired) electrons. The molecular weight excluding hydrogens is 384 g/mol. The first-order chi connectivity index (χ1) is 14.5. The third-order valence-electron chi connectivity index (χ3n) is 6.60. The van der Waals surface area contributed by atoms with Crippen molar-refractivity contribution in [3.8, 4) is 0 Å². The molecule has 1 saturated carbocycles. The minimum absolute atomic E-state index is 0.0173. The van der Waals surface area contributed by atoms with Crippen molar-refractivity contribution in [2.45, 2.75) is 51.4 Å². The topological polar surface area (TPSA) is 84.0 Å². The molecule has 0 bridgehead atoms. The summed E-state index contributed by atoms with van der Waals surface area (Å²) < 4.78 is 0. The zero-order valence-corrected chi connectivity index (χ0v) is 17.1. The molecule has 2 heterocycles. The van der Waals surface area contributed by atoms with Crippen LogP contribution in [-0.2, 0) is 30.4 Å². The van der Waals surface area contributed by atoms with Crippen molar-refractivity contribution in [2.24, 2.45) is 17.8 Å². The van der Waals surface area contributed by atoms with Crippen LogP contribution in [0.1, 0.15) is 50.5 Å². The van der Waals surface area contributed by atoms with Crippen LogP contribution in [0.15, 0.2) is 30.3 Å². The highest BCUT2D eigenvalue weighted by molar-refractivity contribution is 6.01. The Morgan fingerprint density at radius 3 is 2.17 bits per heavy atom. The third-order valence-corrected chi connectivity index (χ3v) is 6.60. The SMILES string of the molecule is O=C(ON1C(=O)CCC1=O)[C@H](CC(=O)N1C[C@H]2CCCC[C@H]2C1)Cc1ccccc1. The molecule has 0 N–H and O–H groups in total. The molecule has 7 heteroatoms. The van der Waals surface area contributed by atoms with Gasteiger partial charge >= 0.3 is 5.97 Å². The smallest absolute Gasteiger partial charge is 0.337 e. The first-order valence-corrected chi connectivity index (χ1v) is 10.9. The summed E-state index contributed by atoms with van der Waals surface area (Å²) in [6.07, 6.45) is 5.22. The van der Waals surface area contributed by atoms with E-state index in [1.807, 2.05) is 35.2 Å². The summed E-state index contributed by atoms with van der Waals surface area (Å²) in [4.78, 5) is 56.6. The summed E-state index contributed by atoms with van der Waals surface area (Å²) in [6, 6.07) is 9.41. The average molecular weight is 412 g/mol. The van der Waals surface area contributed by atoms with Gasteiger partial charge in [-0.05, 0) is 36.7 Å². The molecule has 1 aliphatic carbocycles. The van der Waals surface area contributed by atoms with Gasteiger partial charge < -0.3 is 9.74 Å². The normalized spacial score (nSPS) is 24.7. The van der Waals surface area contributed by atoms with Gasteiger partial charge in [0.2, 0.25) is 5.91 Å². The van der Waals surface area contributed by atoms with E-state index in [0.717, 1.165) is 18.7 Å². The molecule has 1 aromatic rings. The van der Waals surface area contributed by atoms with E-state index in [9.17, 15) is 19.2 Å². The Balaban J connectivity index is 1.44. The van der Waals surface area contributed by atoms with Gasteiger partial charge in [0.1, 0.15) is 0 Å². The molecule has 3 amide bonds. The number of hydrogen-bond donors (Lipinski definition) is 0. The summed E-state index contributed by atoms with van der Waals surface area (Å²) in [5.74, 6) is -1.38. The number of rotatable bonds is 6. The van der Waals surface area contributed by atoms with Crippen LogP contribution in [0.3, 0.4) is 0 Å². The molecule has 3 atom stereocenters. The minimum atomic E-state index is -0.747. The van der Waals surface area contributed by atoms with E-state index in [1.165, 1.54) is 25.7 Å². The zero-order valence-electron chi connectivity index (χ0n) is 17.1. The molecule has 4 rings (SSSR count). The van der Waals surface area contributed by atoms with Crippen molar-refractivity contribution in [1.82, 2.24) is 9.96 Å². The molecule has 3 fully saturated rings. The number of likely N-dealkylation sites (tertiary alicyclic amines) is 1. The molecule has 0 aromatic heterocycles. The van der Waals surface area contributed by atoms with Gasteiger partial charge in [0.15, 0.2) is 0 Å². The zero-order chi connectivity index (χ0) is 21.1. The second kappa shape index (κ2) is 8.98. The lowest BCUT2D eigenvalue weighted by atomic mass is 9.82. The number of fused-ring (bicyclic) bond motifs is 1. The van der Waals surface area contributed by atoms with E-state index < -0.39 is 23.7 Å². The lowest BCUT2D eigenvalue weighted by Crippen LogP contribution is -2.38. The second-order valence-corrected chi connectivity index (χ2v) is 8.69. The number of benzene rings is 1. The van der Waals surface area contributed by atoms with Crippen LogP contribution in [0.5, 0.6) is 0 Å². The van der Waals surface area contributed by atoms with Crippen LogP contribution in [0.2, 0.25) is 0 Å². The highest BCUT2D eigenvalue weighted by atomic mass is 16.7. The number of nitrogens with zero attached hydrogens (tertiary/aromatic N) is 2. The van der Waals surface area contributed by atoms with Gasteiger partial charge in [-0.25, -0.2) is 4.79 Å². The lowest BCUT2D eigenvalue weighted by Gasteiger charge is -2.22. The maximum absolute atomic E-state index is 13.0. The Morgan fingerprint density at radius 2 is 1.57 bits per heavy atom. The molecule has 7 nitrogen and oxygen atoms in total. The van der Waals surface area contributed by atoms with E-state index in [-0.39, 0.29) is 25.2 Å². The van der Waals surface area contributed by atoms with Crippen LogP contribution >= 0.6 is 0 Å². The van der Waals surface area contributed by atoms with Crippen molar-refractivity contribution in [1.29, 1.82) is 0 Å². The first kappa shape index (κ1) is 20.6. The molecule has 3 aliphatic rings. The van der Waals surface area contributed by atoms with Gasteiger partial charge in [-0.2, -0.15) is 0 Å². The monoisotopic (exact) mass is 412 g/mol. The summed E-state index contributed by atoms with van der Waals surface area (Å²) in [5.41, 5.74) is 0.904. The van der Waals surface area contributed by atoms with Gasteiger partial charge in [-0.3, -0.25) is 14.4 Å². The first-order valence-electron chi connectivity index (χ1n) is 10.9. The number of hydrogen-bond acceptors (Lipinski definition) is 5. The molecule has 1 aromatic carbocycles. The number of hydroxylamine groups is 2. The van der Waals surface area contributed by atoms with Gasteiger partial charge in [0, 0.05) is 32.4 Å². The Bertz CT molecular complexity index is 794. The maximum Gasteiger partial charge on any atom is 0.337 e. The van der Waals surface area contributed by atoms with E-state index in [2.05, 4.69) is 0 Å². The number of imide groups is 1. The Labute approximate surface area is 176 Å². The average Bonchev–Trinajstić information content (AvgIpc) is 3.32. The maximum atomic E-state index is 13.0. The standard InChI is InChI=1S/C23H28N2O5/c26-20-10-11-21(27)25(20)30-23(29)19(12-16-6-2-1-3-7-16)13-22(28)24-14-17-8-4-5-9-18(17)15-24/h1-3,6-7,17-19H,4-5,8-15H2/t17-,18+,19-/m0/s1. The molecule has 2 saturated heterocycles. The van der Waals surface area contributed by atoms with Crippen LogP contribution in [0, 0.1) is 17.8 Å². The predicted molar refractivity (Wildman–Crippen MR) is 107 cm³/mol. The molecule has 0 unspecified atom stereocenters. The van der Waals surface area contributed by atoms with Gasteiger partial charge in [0.05, 0.1) is 5.92 Å². The molecule has 0 spiro atoms. The van der Waals surface area contributed by atoms with Crippen molar-refractivity contribution < 1.29 is 24.0 Å². The van der Waals surface area contributed by atoms with E-state index in [1.54, 1.807) is 0 Å². The Hall–Kier alpha value is -2.70. The Morgan fingerprint density at radius 1 is 0.967 bits per heavy atom.